The van der Waals surface area contributed by atoms with E-state index in [4.69, 9.17) is 20.9 Å². The summed E-state index contributed by atoms with van der Waals surface area (Å²) in [5.74, 6) is -0.974. The number of rotatable bonds is 6. The summed E-state index contributed by atoms with van der Waals surface area (Å²) in [5, 5.41) is 6.55. The van der Waals surface area contributed by atoms with Gasteiger partial charge in [-0.1, -0.05) is 35.0 Å². The summed E-state index contributed by atoms with van der Waals surface area (Å²) in [6.45, 7) is 1.14. The highest BCUT2D eigenvalue weighted by atomic mass is 35.5. The van der Waals surface area contributed by atoms with Gasteiger partial charge in [-0.05, 0) is 37.3 Å². The van der Waals surface area contributed by atoms with Gasteiger partial charge in [0.25, 0.3) is 5.91 Å². The Morgan fingerprint density at radius 1 is 1.07 bits per heavy atom. The molecule has 1 heterocycles. The van der Waals surface area contributed by atoms with Crippen LogP contribution in [0.3, 0.4) is 0 Å². The molecule has 0 radical (unpaired) electrons. The number of benzene rings is 2. The fraction of sp³-hybridized carbons (Fsp3) is 0.100. The average molecular weight is 399 g/mol. The normalized spacial score (nSPS) is 10.4. The summed E-state index contributed by atoms with van der Waals surface area (Å²) in [6.07, 6.45) is 0. The van der Waals surface area contributed by atoms with Crippen molar-refractivity contribution < 1.29 is 23.6 Å². The first-order chi connectivity index (χ1) is 13.4. The Hall–Kier alpha value is -3.45. The summed E-state index contributed by atoms with van der Waals surface area (Å²) in [7, 11) is 0. The van der Waals surface area contributed by atoms with E-state index < -0.39 is 18.5 Å². The van der Waals surface area contributed by atoms with Crippen LogP contribution in [-0.2, 0) is 9.53 Å². The molecule has 0 saturated heterocycles. The molecule has 0 aliphatic carbocycles. The number of nitrogens with one attached hydrogen (secondary N) is 1. The molecule has 2 aromatic carbocycles. The van der Waals surface area contributed by atoms with Crippen LogP contribution in [0.5, 0.6) is 0 Å². The van der Waals surface area contributed by atoms with Gasteiger partial charge in [0.1, 0.15) is 5.76 Å². The topological polar surface area (TPSA) is 98.5 Å². The number of hydrogen-bond donors (Lipinski definition) is 1. The molecule has 1 amide bonds. The maximum absolute atomic E-state index is 12.7. The first-order valence-corrected chi connectivity index (χ1v) is 8.61. The lowest BCUT2D eigenvalue weighted by molar-refractivity contribution is -0.119. The number of hydrogen-bond acceptors (Lipinski definition) is 6. The van der Waals surface area contributed by atoms with Gasteiger partial charge in [-0.25, -0.2) is 4.79 Å². The third-order valence-electron chi connectivity index (χ3n) is 3.73. The number of carbonyl (C=O) groups excluding carboxylic acids is 3. The highest BCUT2D eigenvalue weighted by Gasteiger charge is 2.20. The van der Waals surface area contributed by atoms with Crippen molar-refractivity contribution in [1.82, 2.24) is 5.16 Å². The van der Waals surface area contributed by atoms with E-state index in [-0.39, 0.29) is 22.7 Å². The molecule has 0 atom stereocenters. The molecule has 142 valence electrons. The van der Waals surface area contributed by atoms with Gasteiger partial charge in [-0.15, -0.1) is 0 Å². The predicted octanol–water partition coefficient (Wildman–Crippen LogP) is 3.66. The second kappa shape index (κ2) is 8.49. The van der Waals surface area contributed by atoms with Crippen LogP contribution in [-0.4, -0.2) is 29.4 Å². The lowest BCUT2D eigenvalue weighted by Gasteiger charge is -2.09. The number of amides is 1. The lowest BCUT2D eigenvalue weighted by Crippen LogP contribution is -2.22. The third kappa shape index (κ3) is 4.63. The van der Waals surface area contributed by atoms with Gasteiger partial charge in [0.05, 0.1) is 5.56 Å². The molecule has 0 aliphatic heterocycles. The monoisotopic (exact) mass is 398 g/mol. The molecule has 1 N–H and O–H groups in total. The van der Waals surface area contributed by atoms with E-state index in [2.05, 4.69) is 10.5 Å². The predicted molar refractivity (Wildman–Crippen MR) is 101 cm³/mol. The minimum Gasteiger partial charge on any atom is -0.452 e. The second-order valence-corrected chi connectivity index (χ2v) is 6.27. The van der Waals surface area contributed by atoms with Crippen LogP contribution in [0, 0.1) is 6.92 Å². The maximum Gasteiger partial charge on any atom is 0.339 e. The van der Waals surface area contributed by atoms with Gasteiger partial charge in [0.2, 0.25) is 0 Å². The van der Waals surface area contributed by atoms with Crippen LogP contribution < -0.4 is 5.32 Å². The standard InChI is InChI=1S/C20H15ClN2O5/c1-12-10-17(23-28-12)22-18(24)11-27-20(26)16-5-3-2-4-15(16)19(25)13-6-8-14(21)9-7-13/h2-10H,11H2,1H3,(H,22,23,24). The number of ether oxygens (including phenoxy) is 1. The Morgan fingerprint density at radius 3 is 2.39 bits per heavy atom. The highest BCUT2D eigenvalue weighted by molar-refractivity contribution is 6.30. The van der Waals surface area contributed by atoms with E-state index in [0.717, 1.165) is 0 Å². The lowest BCUT2D eigenvalue weighted by atomic mass is 9.98. The van der Waals surface area contributed by atoms with E-state index in [9.17, 15) is 14.4 Å². The fourth-order valence-electron chi connectivity index (χ4n) is 2.43. The number of halogens is 1. The van der Waals surface area contributed by atoms with Crippen molar-refractivity contribution in [3.63, 3.8) is 0 Å². The molecule has 3 aromatic rings. The zero-order chi connectivity index (χ0) is 20.1. The molecule has 0 unspecified atom stereocenters. The third-order valence-corrected chi connectivity index (χ3v) is 3.98. The highest BCUT2D eigenvalue weighted by Crippen LogP contribution is 2.18. The molecule has 0 fully saturated rings. The first-order valence-electron chi connectivity index (χ1n) is 8.23. The maximum atomic E-state index is 12.7. The number of aromatic nitrogens is 1. The summed E-state index contributed by atoms with van der Waals surface area (Å²) < 4.78 is 9.87. The van der Waals surface area contributed by atoms with E-state index in [0.29, 0.717) is 16.3 Å². The summed E-state index contributed by atoms with van der Waals surface area (Å²) in [4.78, 5) is 37.0. The minimum absolute atomic E-state index is 0.0625. The summed E-state index contributed by atoms with van der Waals surface area (Å²) in [6, 6.07) is 14.1. The Bertz CT molecular complexity index is 1030. The van der Waals surface area contributed by atoms with E-state index in [1.54, 1.807) is 43.3 Å². The van der Waals surface area contributed by atoms with Crippen LogP contribution in [0.25, 0.3) is 0 Å². The molecular weight excluding hydrogens is 384 g/mol. The quantitative estimate of drug-likeness (QED) is 0.502. The van der Waals surface area contributed by atoms with Gasteiger partial charge in [-0.3, -0.25) is 9.59 Å². The van der Waals surface area contributed by atoms with E-state index in [1.165, 1.54) is 18.2 Å². The zero-order valence-corrected chi connectivity index (χ0v) is 15.5. The van der Waals surface area contributed by atoms with Gasteiger partial charge >= 0.3 is 5.97 Å². The number of carbonyl (C=O) groups is 3. The van der Waals surface area contributed by atoms with Crippen LogP contribution in [0.1, 0.15) is 32.0 Å². The van der Waals surface area contributed by atoms with E-state index in [1.807, 2.05) is 0 Å². The van der Waals surface area contributed by atoms with Crippen LogP contribution in [0.4, 0.5) is 5.82 Å². The van der Waals surface area contributed by atoms with E-state index >= 15 is 0 Å². The Kier molecular flexibility index (Phi) is 5.86. The molecule has 0 saturated carbocycles. The van der Waals surface area contributed by atoms with Crippen LogP contribution >= 0.6 is 11.6 Å². The molecule has 3 rings (SSSR count). The van der Waals surface area contributed by atoms with Crippen molar-refractivity contribution >= 4 is 35.1 Å². The van der Waals surface area contributed by atoms with Gasteiger partial charge in [-0.2, -0.15) is 0 Å². The number of ketones is 1. The Balaban J connectivity index is 1.69. The van der Waals surface area contributed by atoms with Crippen molar-refractivity contribution in [3.8, 4) is 0 Å². The first kappa shape index (κ1) is 19.3. The van der Waals surface area contributed by atoms with Crippen LogP contribution in [0.15, 0.2) is 59.1 Å². The minimum atomic E-state index is -0.788. The smallest absolute Gasteiger partial charge is 0.339 e. The molecule has 7 nitrogen and oxygen atoms in total. The molecule has 28 heavy (non-hydrogen) atoms. The molecular formula is C20H15ClN2O5. The Labute approximate surface area is 165 Å². The van der Waals surface area contributed by atoms with Gasteiger partial charge < -0.3 is 14.6 Å². The van der Waals surface area contributed by atoms with Crippen molar-refractivity contribution in [2.45, 2.75) is 6.92 Å². The molecule has 0 aliphatic rings. The largest absolute Gasteiger partial charge is 0.452 e. The van der Waals surface area contributed by atoms with Gasteiger partial charge in [0.15, 0.2) is 18.2 Å². The Morgan fingerprint density at radius 2 is 1.75 bits per heavy atom. The fourth-order valence-corrected chi connectivity index (χ4v) is 2.55. The van der Waals surface area contributed by atoms with Crippen molar-refractivity contribution in [2.24, 2.45) is 0 Å². The number of esters is 1. The molecule has 0 spiro atoms. The zero-order valence-electron chi connectivity index (χ0n) is 14.8. The number of anilines is 1. The molecule has 0 bridgehead atoms. The van der Waals surface area contributed by atoms with Crippen molar-refractivity contribution in [1.29, 1.82) is 0 Å². The summed E-state index contributed by atoms with van der Waals surface area (Å²) >= 11 is 5.84. The molecule has 1 aromatic heterocycles. The van der Waals surface area contributed by atoms with Gasteiger partial charge in [0, 0.05) is 22.2 Å². The molecule has 8 heteroatoms. The summed E-state index contributed by atoms with van der Waals surface area (Å²) in [5.41, 5.74) is 0.610. The average Bonchev–Trinajstić information content (AvgIpc) is 3.10. The SMILES string of the molecule is Cc1cc(NC(=O)COC(=O)c2ccccc2C(=O)c2ccc(Cl)cc2)no1. The second-order valence-electron chi connectivity index (χ2n) is 5.83. The number of aryl methyl sites for hydroxylation is 1. The van der Waals surface area contributed by atoms with Crippen molar-refractivity contribution in [2.75, 3.05) is 11.9 Å². The number of nitrogens with zero attached hydrogens (tertiary/aromatic N) is 1. The van der Waals surface area contributed by atoms with Crippen molar-refractivity contribution in [3.05, 3.63) is 82.1 Å². The van der Waals surface area contributed by atoms with Crippen LogP contribution in [0.2, 0.25) is 5.02 Å².